The van der Waals surface area contributed by atoms with Crippen LogP contribution in [0.4, 0.5) is 0 Å². The molecule has 0 aliphatic heterocycles. The summed E-state index contributed by atoms with van der Waals surface area (Å²) in [5.41, 5.74) is 0.559. The largest absolute Gasteiger partial charge is 0.479 e. The van der Waals surface area contributed by atoms with E-state index in [9.17, 15) is 9.90 Å². The fourth-order valence-corrected chi connectivity index (χ4v) is 1.74. The molecule has 0 saturated carbocycles. The van der Waals surface area contributed by atoms with Crippen molar-refractivity contribution in [2.75, 3.05) is 0 Å². The Morgan fingerprint density at radius 2 is 1.44 bits per heavy atom. The molecule has 18 heavy (non-hydrogen) atoms. The van der Waals surface area contributed by atoms with Gasteiger partial charge in [0.05, 0.1) is 0 Å². The van der Waals surface area contributed by atoms with Crippen molar-refractivity contribution in [3.05, 3.63) is 60.2 Å². The van der Waals surface area contributed by atoms with Gasteiger partial charge in [0.25, 0.3) is 0 Å². The molecule has 2 rings (SSSR count). The summed E-state index contributed by atoms with van der Waals surface area (Å²) in [6.45, 7) is 1.27. The number of hydrogen-bond donors (Lipinski definition) is 2. The van der Waals surface area contributed by atoms with Gasteiger partial charge in [-0.15, -0.1) is 0 Å². The lowest BCUT2D eigenvalue weighted by atomic mass is 9.94. The average molecular weight is 242 g/mol. The van der Waals surface area contributed by atoms with Crippen LogP contribution in [0.3, 0.4) is 0 Å². The fourth-order valence-electron chi connectivity index (χ4n) is 1.74. The third kappa shape index (κ3) is 2.26. The van der Waals surface area contributed by atoms with E-state index in [1.165, 1.54) is 6.92 Å². The number of carbonyl (C=O) groups is 1. The van der Waals surface area contributed by atoms with Gasteiger partial charge in [0.2, 0.25) is 0 Å². The molecule has 0 aliphatic carbocycles. The van der Waals surface area contributed by atoms with E-state index in [4.69, 9.17) is 5.11 Å². The number of rotatable bonds is 3. The van der Waals surface area contributed by atoms with Crippen molar-refractivity contribution in [1.82, 2.24) is 0 Å². The van der Waals surface area contributed by atoms with Gasteiger partial charge in [-0.05, 0) is 23.6 Å². The third-order valence-corrected chi connectivity index (χ3v) is 2.97. The summed E-state index contributed by atoms with van der Waals surface area (Å²) in [5, 5.41) is 18.8. The first-order valence-electron chi connectivity index (χ1n) is 5.63. The highest BCUT2D eigenvalue weighted by atomic mass is 16.4. The van der Waals surface area contributed by atoms with Crippen LogP contribution in [0.15, 0.2) is 54.6 Å². The van der Waals surface area contributed by atoms with E-state index in [2.05, 4.69) is 0 Å². The molecule has 0 amide bonds. The highest BCUT2D eigenvalue weighted by Crippen LogP contribution is 2.25. The Morgan fingerprint density at radius 1 is 0.944 bits per heavy atom. The van der Waals surface area contributed by atoms with Crippen LogP contribution in [0.25, 0.3) is 11.1 Å². The molecule has 0 bridgehead atoms. The number of hydrogen-bond acceptors (Lipinski definition) is 2. The van der Waals surface area contributed by atoms with Crippen LogP contribution in [-0.4, -0.2) is 16.2 Å². The van der Waals surface area contributed by atoms with E-state index in [0.717, 1.165) is 11.1 Å². The van der Waals surface area contributed by atoms with Gasteiger partial charge in [0, 0.05) is 0 Å². The fraction of sp³-hybridized carbons (Fsp3) is 0.133. The van der Waals surface area contributed by atoms with Gasteiger partial charge in [-0.3, -0.25) is 0 Å². The number of benzene rings is 2. The van der Waals surface area contributed by atoms with Crippen LogP contribution in [0, 0.1) is 0 Å². The Labute approximate surface area is 105 Å². The molecule has 1 atom stereocenters. The number of carboxylic acids is 1. The summed E-state index contributed by atoms with van der Waals surface area (Å²) in [7, 11) is 0. The van der Waals surface area contributed by atoms with Crippen molar-refractivity contribution < 1.29 is 15.0 Å². The minimum Gasteiger partial charge on any atom is -0.479 e. The maximum atomic E-state index is 10.9. The first-order valence-corrected chi connectivity index (χ1v) is 5.63. The summed E-state index contributed by atoms with van der Waals surface area (Å²) in [6.07, 6.45) is 0. The number of carboxylic acid groups (broad SMARTS) is 1. The zero-order chi connectivity index (χ0) is 13.2. The Kier molecular flexibility index (Phi) is 3.17. The molecular weight excluding hydrogens is 228 g/mol. The number of aliphatic carboxylic acids is 1. The van der Waals surface area contributed by atoms with Crippen molar-refractivity contribution in [3.8, 4) is 11.1 Å². The predicted molar refractivity (Wildman–Crippen MR) is 69.1 cm³/mol. The van der Waals surface area contributed by atoms with Gasteiger partial charge in [-0.25, -0.2) is 4.79 Å². The summed E-state index contributed by atoms with van der Waals surface area (Å²) in [5.74, 6) is -1.25. The highest BCUT2D eigenvalue weighted by molar-refractivity contribution is 5.79. The van der Waals surface area contributed by atoms with E-state index in [1.54, 1.807) is 12.1 Å². The maximum Gasteiger partial charge on any atom is 0.340 e. The molecule has 2 N–H and O–H groups in total. The summed E-state index contributed by atoms with van der Waals surface area (Å²) < 4.78 is 0. The summed E-state index contributed by atoms with van der Waals surface area (Å²) in [6, 6.07) is 16.7. The second-order valence-electron chi connectivity index (χ2n) is 4.32. The lowest BCUT2D eigenvalue weighted by molar-refractivity contribution is -0.157. The zero-order valence-corrected chi connectivity index (χ0v) is 10.00. The first-order chi connectivity index (χ1) is 8.51. The van der Waals surface area contributed by atoms with Crippen LogP contribution >= 0.6 is 0 Å². The van der Waals surface area contributed by atoms with E-state index < -0.39 is 11.6 Å². The van der Waals surface area contributed by atoms with Gasteiger partial charge in [0.1, 0.15) is 0 Å². The summed E-state index contributed by atoms with van der Waals surface area (Å²) in [4.78, 5) is 10.9. The molecule has 0 aromatic heterocycles. The van der Waals surface area contributed by atoms with Gasteiger partial charge in [-0.1, -0.05) is 54.6 Å². The van der Waals surface area contributed by atoms with E-state index >= 15 is 0 Å². The molecule has 0 saturated heterocycles. The number of aliphatic hydroxyl groups is 1. The van der Waals surface area contributed by atoms with Crippen molar-refractivity contribution in [2.45, 2.75) is 12.5 Å². The SMILES string of the molecule is C[C@@](O)(C(=O)O)c1ccc(-c2ccccc2)cc1. The van der Waals surface area contributed by atoms with Gasteiger partial charge < -0.3 is 10.2 Å². The van der Waals surface area contributed by atoms with Crippen molar-refractivity contribution in [3.63, 3.8) is 0 Å². The van der Waals surface area contributed by atoms with Crippen LogP contribution in [0.1, 0.15) is 12.5 Å². The second kappa shape index (κ2) is 4.63. The topological polar surface area (TPSA) is 57.5 Å². The molecule has 92 valence electrons. The predicted octanol–water partition coefficient (Wildman–Crippen LogP) is 2.65. The van der Waals surface area contributed by atoms with E-state index in [0.29, 0.717) is 5.56 Å². The van der Waals surface area contributed by atoms with Gasteiger partial charge in [0.15, 0.2) is 5.60 Å². The molecule has 3 heteroatoms. The molecule has 0 fully saturated rings. The quantitative estimate of drug-likeness (QED) is 0.869. The average Bonchev–Trinajstić information content (AvgIpc) is 2.40. The van der Waals surface area contributed by atoms with E-state index in [-0.39, 0.29) is 0 Å². The highest BCUT2D eigenvalue weighted by Gasteiger charge is 2.31. The lowest BCUT2D eigenvalue weighted by Gasteiger charge is -2.18. The Morgan fingerprint density at radius 3 is 1.94 bits per heavy atom. The molecule has 0 heterocycles. The third-order valence-electron chi connectivity index (χ3n) is 2.97. The molecule has 0 unspecified atom stereocenters. The smallest absolute Gasteiger partial charge is 0.340 e. The van der Waals surface area contributed by atoms with E-state index in [1.807, 2.05) is 42.5 Å². The lowest BCUT2D eigenvalue weighted by Crippen LogP contribution is -2.31. The van der Waals surface area contributed by atoms with Gasteiger partial charge in [-0.2, -0.15) is 0 Å². The van der Waals surface area contributed by atoms with Crippen LogP contribution in [0.5, 0.6) is 0 Å². The van der Waals surface area contributed by atoms with Crippen LogP contribution in [-0.2, 0) is 10.4 Å². The molecular formula is C15H14O3. The molecule has 0 aliphatic rings. The van der Waals surface area contributed by atoms with Crippen molar-refractivity contribution in [1.29, 1.82) is 0 Å². The maximum absolute atomic E-state index is 10.9. The van der Waals surface area contributed by atoms with Crippen LogP contribution in [0.2, 0.25) is 0 Å². The van der Waals surface area contributed by atoms with Gasteiger partial charge >= 0.3 is 5.97 Å². The molecule has 2 aromatic rings. The minimum atomic E-state index is -1.85. The first kappa shape index (κ1) is 12.3. The van der Waals surface area contributed by atoms with Crippen molar-refractivity contribution in [2.24, 2.45) is 0 Å². The molecule has 0 spiro atoms. The Balaban J connectivity index is 2.35. The minimum absolute atomic E-state index is 0.370. The molecule has 3 nitrogen and oxygen atoms in total. The molecule has 2 aromatic carbocycles. The summed E-state index contributed by atoms with van der Waals surface area (Å²) >= 11 is 0. The zero-order valence-electron chi connectivity index (χ0n) is 10.00. The second-order valence-corrected chi connectivity index (χ2v) is 4.32. The van der Waals surface area contributed by atoms with Crippen molar-refractivity contribution >= 4 is 5.97 Å². The standard InChI is InChI=1S/C15H14O3/c1-15(18,14(16)17)13-9-7-12(8-10-13)11-5-3-2-4-6-11/h2-10,18H,1H3,(H,16,17)/t15-/m0/s1. The normalized spacial score (nSPS) is 13.9. The Hall–Kier alpha value is -2.13. The van der Waals surface area contributed by atoms with Crippen LogP contribution < -0.4 is 0 Å². The molecule has 0 radical (unpaired) electrons. The Bertz CT molecular complexity index is 542. The monoisotopic (exact) mass is 242 g/mol.